The van der Waals surface area contributed by atoms with E-state index in [9.17, 15) is 9.59 Å². The van der Waals surface area contributed by atoms with Gasteiger partial charge in [-0.2, -0.15) is 0 Å². The molecule has 59 heavy (non-hydrogen) atoms. The number of likely N-dealkylation sites (tertiary alicyclic amines) is 1. The topological polar surface area (TPSA) is 162 Å². The van der Waals surface area contributed by atoms with Crippen molar-refractivity contribution < 1.29 is 48.2 Å². The van der Waals surface area contributed by atoms with E-state index in [4.69, 9.17) is 43.6 Å². The van der Waals surface area contributed by atoms with Crippen LogP contribution in [0.1, 0.15) is 29.5 Å². The number of hydrogen-bond donors (Lipinski definition) is 2. The first-order chi connectivity index (χ1) is 28.5. The van der Waals surface area contributed by atoms with Crippen LogP contribution in [0.4, 0.5) is 5.00 Å². The average molecular weight is 827 g/mol. The maximum atomic E-state index is 9.55. The first-order valence-electron chi connectivity index (χ1n) is 18.7. The van der Waals surface area contributed by atoms with Crippen LogP contribution in [-0.2, 0) is 22.7 Å². The van der Waals surface area contributed by atoms with E-state index < -0.39 is 11.9 Å². The first kappa shape index (κ1) is 43.8. The Morgan fingerprint density at radius 2 is 1.17 bits per heavy atom. The number of carboxylic acid groups (broad SMARTS) is 2. The van der Waals surface area contributed by atoms with Gasteiger partial charge in [0.25, 0.3) is 0 Å². The van der Waals surface area contributed by atoms with Crippen molar-refractivity contribution in [3.05, 3.63) is 101 Å². The smallest absolute Gasteiger partial charge is 0.328 e. The van der Waals surface area contributed by atoms with Gasteiger partial charge in [0.1, 0.15) is 0 Å². The number of piperidine rings is 1. The Kier molecular flexibility index (Phi) is 15.5. The molecule has 5 aromatic rings. The maximum Gasteiger partial charge on any atom is 0.328 e. The molecule has 1 saturated heterocycles. The van der Waals surface area contributed by atoms with Gasteiger partial charge in [-0.3, -0.25) is 14.9 Å². The molecular formula is C44H50N4O10S. The number of pyridine rings is 2. The molecule has 0 bridgehead atoms. The number of nitrogens with zero attached hydrogens (tertiary/aromatic N) is 4. The summed E-state index contributed by atoms with van der Waals surface area (Å²) in [6.45, 7) is 5.85. The van der Waals surface area contributed by atoms with Crippen molar-refractivity contribution >= 4 is 28.3 Å². The van der Waals surface area contributed by atoms with Gasteiger partial charge in [-0.25, -0.2) is 9.59 Å². The summed E-state index contributed by atoms with van der Waals surface area (Å²) in [4.78, 5) is 33.6. The predicted molar refractivity (Wildman–Crippen MR) is 227 cm³/mol. The molecule has 3 aromatic heterocycles. The van der Waals surface area contributed by atoms with Crippen molar-refractivity contribution in [2.75, 3.05) is 60.6 Å². The van der Waals surface area contributed by atoms with Crippen molar-refractivity contribution in [3.63, 3.8) is 0 Å². The van der Waals surface area contributed by atoms with E-state index >= 15 is 0 Å². The highest BCUT2D eigenvalue weighted by Gasteiger charge is 2.27. The molecule has 0 atom stereocenters. The third-order valence-corrected chi connectivity index (χ3v) is 10.8. The quantitative estimate of drug-likeness (QED) is 0.0935. The summed E-state index contributed by atoms with van der Waals surface area (Å²) in [6, 6.07) is 18.9. The van der Waals surface area contributed by atoms with E-state index in [1.54, 1.807) is 42.7 Å². The van der Waals surface area contributed by atoms with Gasteiger partial charge in [-0.05, 0) is 96.4 Å². The highest BCUT2D eigenvalue weighted by atomic mass is 32.1. The van der Waals surface area contributed by atoms with E-state index in [-0.39, 0.29) is 0 Å². The minimum atomic E-state index is -1.26. The van der Waals surface area contributed by atoms with Crippen LogP contribution < -0.4 is 33.3 Å². The van der Waals surface area contributed by atoms with E-state index in [1.165, 1.54) is 21.7 Å². The zero-order valence-electron chi connectivity index (χ0n) is 34.3. The molecule has 0 saturated carbocycles. The Morgan fingerprint density at radius 3 is 1.58 bits per heavy atom. The number of aliphatic carboxylic acids is 2. The Labute approximate surface area is 348 Å². The third kappa shape index (κ3) is 11.2. The van der Waals surface area contributed by atoms with E-state index in [0.29, 0.717) is 52.7 Å². The summed E-state index contributed by atoms with van der Waals surface area (Å²) in [7, 11) is 9.73. The lowest BCUT2D eigenvalue weighted by Crippen LogP contribution is -2.44. The molecule has 1 fully saturated rings. The van der Waals surface area contributed by atoms with E-state index in [1.807, 2.05) is 48.0 Å². The van der Waals surface area contributed by atoms with Gasteiger partial charge in [0, 0.05) is 67.9 Å². The molecule has 2 aromatic carbocycles. The number of benzene rings is 2. The monoisotopic (exact) mass is 826 g/mol. The molecule has 0 unspecified atom stereocenters. The minimum absolute atomic E-state index is 0.406. The van der Waals surface area contributed by atoms with Crippen molar-refractivity contribution in [1.82, 2.24) is 14.9 Å². The summed E-state index contributed by atoms with van der Waals surface area (Å²) >= 11 is 1.81. The second-order valence-corrected chi connectivity index (χ2v) is 14.4. The summed E-state index contributed by atoms with van der Waals surface area (Å²) in [5.41, 5.74) is 7.25. The Hall–Kier alpha value is -6.32. The van der Waals surface area contributed by atoms with Crippen molar-refractivity contribution in [2.45, 2.75) is 38.9 Å². The van der Waals surface area contributed by atoms with Gasteiger partial charge >= 0.3 is 11.9 Å². The number of aryl methyl sites for hydroxylation is 1. The summed E-state index contributed by atoms with van der Waals surface area (Å²) in [6.07, 6.45) is 7.00. The molecule has 6 rings (SSSR count). The Bertz CT molecular complexity index is 2170. The molecule has 312 valence electrons. The second-order valence-electron chi connectivity index (χ2n) is 13.5. The van der Waals surface area contributed by atoms with Crippen molar-refractivity contribution in [2.24, 2.45) is 0 Å². The zero-order chi connectivity index (χ0) is 42.5. The van der Waals surface area contributed by atoms with Crippen LogP contribution in [0.3, 0.4) is 0 Å². The summed E-state index contributed by atoms with van der Waals surface area (Å²) in [5.74, 6) is 1.04. The lowest BCUT2D eigenvalue weighted by atomic mass is 10.0. The fraction of sp³-hybridized carbons (Fsp3) is 0.318. The number of methoxy groups -OCH3 is 6. The molecule has 4 heterocycles. The minimum Gasteiger partial charge on any atom is -0.493 e. The van der Waals surface area contributed by atoms with Gasteiger partial charge in [0.15, 0.2) is 23.0 Å². The second kappa shape index (κ2) is 20.9. The van der Waals surface area contributed by atoms with E-state index in [0.717, 1.165) is 61.5 Å². The average Bonchev–Trinajstić information content (AvgIpc) is 3.69. The highest BCUT2D eigenvalue weighted by molar-refractivity contribution is 7.14. The number of thiophene rings is 1. The molecule has 15 heteroatoms. The molecule has 1 aliphatic rings. The SMILES string of the molecule is COc1cc(-c2cc(CN3CCC(N(Cc4ccnc(-c5cc(OC)c(OC)c(OC)c5)c4)c4sccc4C)CC3)ccn2)cc(OC)c1OC.O=C(O)C=CC(=O)O. The molecule has 0 spiro atoms. The van der Waals surface area contributed by atoms with Crippen molar-refractivity contribution in [3.8, 4) is 57.0 Å². The van der Waals surface area contributed by atoms with Crippen molar-refractivity contribution in [1.29, 1.82) is 0 Å². The molecular weight excluding hydrogens is 777 g/mol. The van der Waals surface area contributed by atoms with Gasteiger partial charge in [-0.1, -0.05) is 0 Å². The number of anilines is 1. The maximum absolute atomic E-state index is 9.55. The molecule has 14 nitrogen and oxygen atoms in total. The van der Waals surface area contributed by atoms with Crippen LogP contribution in [-0.4, -0.2) is 98.8 Å². The Morgan fingerprint density at radius 1 is 0.712 bits per heavy atom. The highest BCUT2D eigenvalue weighted by Crippen LogP contribution is 2.42. The Balaban J connectivity index is 0.000000749. The predicted octanol–water partition coefficient (Wildman–Crippen LogP) is 7.62. The lowest BCUT2D eigenvalue weighted by Gasteiger charge is -2.39. The summed E-state index contributed by atoms with van der Waals surface area (Å²) < 4.78 is 33.4. The van der Waals surface area contributed by atoms with Gasteiger partial charge < -0.3 is 43.5 Å². The number of aromatic nitrogens is 2. The molecule has 2 N–H and O–H groups in total. The largest absolute Gasteiger partial charge is 0.493 e. The van der Waals surface area contributed by atoms with Crippen LogP contribution >= 0.6 is 11.3 Å². The fourth-order valence-corrected chi connectivity index (χ4v) is 7.94. The van der Waals surface area contributed by atoms with E-state index in [2.05, 4.69) is 57.4 Å². The third-order valence-electron chi connectivity index (χ3n) is 9.79. The first-order valence-corrected chi connectivity index (χ1v) is 19.6. The van der Waals surface area contributed by atoms with Gasteiger partial charge in [0.05, 0.1) is 59.0 Å². The number of carboxylic acids is 2. The molecule has 0 aliphatic carbocycles. The van der Waals surface area contributed by atoms with Gasteiger partial charge in [0.2, 0.25) is 11.5 Å². The number of rotatable bonds is 16. The number of hydrogen-bond acceptors (Lipinski definition) is 13. The molecule has 0 amide bonds. The molecule has 1 aliphatic heterocycles. The van der Waals surface area contributed by atoms with Crippen LogP contribution in [0.5, 0.6) is 34.5 Å². The number of carbonyl (C=O) groups is 2. The normalized spacial score (nSPS) is 12.9. The molecule has 0 radical (unpaired) electrons. The van der Waals surface area contributed by atoms with Crippen LogP contribution in [0, 0.1) is 6.92 Å². The lowest BCUT2D eigenvalue weighted by molar-refractivity contribution is -0.134. The summed E-state index contributed by atoms with van der Waals surface area (Å²) in [5, 5.41) is 19.1. The van der Waals surface area contributed by atoms with Crippen LogP contribution in [0.25, 0.3) is 22.5 Å². The zero-order valence-corrected chi connectivity index (χ0v) is 35.1. The van der Waals surface area contributed by atoms with Gasteiger partial charge in [-0.15, -0.1) is 11.3 Å². The number of ether oxygens (including phenoxy) is 6. The van der Waals surface area contributed by atoms with Crippen LogP contribution in [0.15, 0.2) is 84.5 Å². The fourth-order valence-electron chi connectivity index (χ4n) is 6.93. The van der Waals surface area contributed by atoms with Crippen LogP contribution in [0.2, 0.25) is 0 Å². The standard InChI is InChI=1S/C40H46N4O6S.C4H4O4/c1-26-12-17-51-40(26)44(25-28-9-14-42-33(19-28)30-22-36(47-4)39(50-7)37(23-30)48-5)31-10-15-43(16-11-31)24-27-8-13-41-32(18-27)29-20-34(45-2)38(49-6)35(21-29)46-3;5-3(6)1-2-4(7)8/h8-9,12-14,17-23,31H,10-11,15-16,24-25H2,1-7H3;1-2H,(H,5,6)(H,7,8).